The summed E-state index contributed by atoms with van der Waals surface area (Å²) in [5.74, 6) is 0.314. The summed E-state index contributed by atoms with van der Waals surface area (Å²) in [6, 6.07) is 0. The van der Waals surface area contributed by atoms with Crippen LogP contribution in [0.25, 0.3) is 0 Å². The van der Waals surface area contributed by atoms with Crippen molar-refractivity contribution in [3.8, 4) is 0 Å². The molecule has 0 rings (SSSR count). The number of hydrogen-bond donors (Lipinski definition) is 2. The van der Waals surface area contributed by atoms with E-state index >= 15 is 0 Å². The average molecular weight is 228 g/mol. The monoisotopic (exact) mass is 228 g/mol. The molecular formula is C12H24N2O2. The Kier molecular flexibility index (Phi) is 7.85. The summed E-state index contributed by atoms with van der Waals surface area (Å²) < 4.78 is 0. The number of carbonyl (C=O) groups is 1. The highest BCUT2D eigenvalue weighted by molar-refractivity contribution is 5.79. The van der Waals surface area contributed by atoms with Gasteiger partial charge in [0.15, 0.2) is 0 Å². The van der Waals surface area contributed by atoms with E-state index in [-0.39, 0.29) is 18.4 Å². The zero-order chi connectivity index (χ0) is 12.6. The lowest BCUT2D eigenvalue weighted by Crippen LogP contribution is -2.41. The van der Waals surface area contributed by atoms with E-state index in [1.807, 2.05) is 0 Å². The van der Waals surface area contributed by atoms with Crippen LogP contribution >= 0.6 is 0 Å². The zero-order valence-corrected chi connectivity index (χ0v) is 10.4. The highest BCUT2D eigenvalue weighted by atomic mass is 16.3. The van der Waals surface area contributed by atoms with Crippen molar-refractivity contribution in [3.05, 3.63) is 12.7 Å². The first-order valence-corrected chi connectivity index (χ1v) is 5.77. The van der Waals surface area contributed by atoms with Crippen LogP contribution in [-0.2, 0) is 4.79 Å². The normalized spacial score (nSPS) is 12.6. The Labute approximate surface area is 98.1 Å². The molecule has 4 heteroatoms. The second kappa shape index (κ2) is 8.30. The van der Waals surface area contributed by atoms with Gasteiger partial charge in [-0.3, -0.25) is 4.79 Å². The van der Waals surface area contributed by atoms with Crippen LogP contribution in [0.1, 0.15) is 20.3 Å². The Morgan fingerprint density at radius 3 is 2.56 bits per heavy atom. The molecule has 0 aromatic rings. The van der Waals surface area contributed by atoms with Crippen molar-refractivity contribution in [2.45, 2.75) is 20.3 Å². The van der Waals surface area contributed by atoms with Crippen LogP contribution < -0.4 is 5.73 Å². The predicted octanol–water partition coefficient (Wildman–Crippen LogP) is 0.614. The molecule has 0 aliphatic carbocycles. The van der Waals surface area contributed by atoms with Gasteiger partial charge in [-0.2, -0.15) is 0 Å². The van der Waals surface area contributed by atoms with E-state index in [2.05, 4.69) is 20.4 Å². The molecule has 0 aromatic carbocycles. The van der Waals surface area contributed by atoms with E-state index in [4.69, 9.17) is 10.8 Å². The Morgan fingerprint density at radius 1 is 1.56 bits per heavy atom. The van der Waals surface area contributed by atoms with E-state index in [1.165, 1.54) is 0 Å². The number of amides is 1. The van der Waals surface area contributed by atoms with Crippen molar-refractivity contribution in [1.82, 2.24) is 4.90 Å². The van der Waals surface area contributed by atoms with Crippen LogP contribution in [0, 0.1) is 11.8 Å². The van der Waals surface area contributed by atoms with E-state index in [0.29, 0.717) is 25.6 Å². The summed E-state index contributed by atoms with van der Waals surface area (Å²) in [7, 11) is 0. The standard InChI is InChI=1S/C12H24N2O2/c1-4-5-14(6-7-15)12(16)11(9-13)8-10(2)3/h4,10-11,15H,1,5-9,13H2,2-3H3. The van der Waals surface area contributed by atoms with Gasteiger partial charge in [0, 0.05) is 19.6 Å². The molecule has 0 heterocycles. The van der Waals surface area contributed by atoms with Crippen molar-refractivity contribution in [3.63, 3.8) is 0 Å². The van der Waals surface area contributed by atoms with Crippen molar-refractivity contribution in [2.24, 2.45) is 17.6 Å². The summed E-state index contributed by atoms with van der Waals surface area (Å²) in [4.78, 5) is 13.7. The summed E-state index contributed by atoms with van der Waals surface area (Å²) in [6.07, 6.45) is 2.45. The molecule has 0 saturated heterocycles. The van der Waals surface area contributed by atoms with Gasteiger partial charge in [0.1, 0.15) is 0 Å². The second-order valence-corrected chi connectivity index (χ2v) is 4.36. The molecule has 0 spiro atoms. The third-order valence-electron chi connectivity index (χ3n) is 2.42. The summed E-state index contributed by atoms with van der Waals surface area (Å²) >= 11 is 0. The SMILES string of the molecule is C=CCN(CCO)C(=O)C(CN)CC(C)C. The average Bonchev–Trinajstić information content (AvgIpc) is 2.24. The van der Waals surface area contributed by atoms with E-state index in [9.17, 15) is 4.79 Å². The van der Waals surface area contributed by atoms with E-state index in [1.54, 1.807) is 11.0 Å². The maximum absolute atomic E-state index is 12.1. The smallest absolute Gasteiger partial charge is 0.227 e. The molecule has 0 fully saturated rings. The highest BCUT2D eigenvalue weighted by Gasteiger charge is 2.22. The van der Waals surface area contributed by atoms with Gasteiger partial charge in [-0.05, 0) is 12.3 Å². The third-order valence-corrected chi connectivity index (χ3v) is 2.42. The van der Waals surface area contributed by atoms with E-state index in [0.717, 1.165) is 6.42 Å². The zero-order valence-electron chi connectivity index (χ0n) is 10.4. The van der Waals surface area contributed by atoms with Gasteiger partial charge in [0.25, 0.3) is 0 Å². The molecule has 1 atom stereocenters. The Balaban J connectivity index is 4.47. The van der Waals surface area contributed by atoms with Crippen LogP contribution in [0.4, 0.5) is 0 Å². The lowest BCUT2D eigenvalue weighted by molar-refractivity contribution is -0.135. The number of aliphatic hydroxyl groups excluding tert-OH is 1. The summed E-state index contributed by atoms with van der Waals surface area (Å²) in [5.41, 5.74) is 5.62. The molecule has 1 unspecified atom stereocenters. The molecule has 16 heavy (non-hydrogen) atoms. The fourth-order valence-corrected chi connectivity index (χ4v) is 1.69. The molecular weight excluding hydrogens is 204 g/mol. The quantitative estimate of drug-likeness (QED) is 0.598. The molecule has 4 nitrogen and oxygen atoms in total. The first-order valence-electron chi connectivity index (χ1n) is 5.77. The Bertz CT molecular complexity index is 217. The van der Waals surface area contributed by atoms with Crippen LogP contribution in [0.5, 0.6) is 0 Å². The van der Waals surface area contributed by atoms with Gasteiger partial charge in [0.2, 0.25) is 5.91 Å². The van der Waals surface area contributed by atoms with Crippen molar-refractivity contribution >= 4 is 5.91 Å². The van der Waals surface area contributed by atoms with Gasteiger partial charge in [-0.1, -0.05) is 19.9 Å². The Hall–Kier alpha value is -0.870. The number of carbonyl (C=O) groups excluding carboxylic acids is 1. The first kappa shape index (κ1) is 15.1. The molecule has 0 aliphatic heterocycles. The fourth-order valence-electron chi connectivity index (χ4n) is 1.69. The van der Waals surface area contributed by atoms with Crippen LogP contribution in [0.3, 0.4) is 0 Å². The maximum atomic E-state index is 12.1. The molecule has 0 radical (unpaired) electrons. The van der Waals surface area contributed by atoms with Crippen molar-refractivity contribution in [1.29, 1.82) is 0 Å². The molecule has 1 amide bonds. The van der Waals surface area contributed by atoms with Crippen LogP contribution in [-0.4, -0.2) is 42.2 Å². The maximum Gasteiger partial charge on any atom is 0.227 e. The van der Waals surface area contributed by atoms with Gasteiger partial charge in [-0.25, -0.2) is 0 Å². The number of rotatable bonds is 8. The number of nitrogens with two attached hydrogens (primary N) is 1. The molecule has 0 aliphatic rings. The largest absolute Gasteiger partial charge is 0.395 e. The minimum Gasteiger partial charge on any atom is -0.395 e. The predicted molar refractivity (Wildman–Crippen MR) is 65.9 cm³/mol. The first-order chi connectivity index (χ1) is 7.56. The van der Waals surface area contributed by atoms with Gasteiger partial charge in [0.05, 0.1) is 12.5 Å². The molecule has 94 valence electrons. The summed E-state index contributed by atoms with van der Waals surface area (Å²) in [6.45, 7) is 8.88. The fraction of sp³-hybridized carbons (Fsp3) is 0.750. The van der Waals surface area contributed by atoms with Gasteiger partial charge in [-0.15, -0.1) is 6.58 Å². The summed E-state index contributed by atoms with van der Waals surface area (Å²) in [5, 5.41) is 8.89. The van der Waals surface area contributed by atoms with Crippen molar-refractivity contribution in [2.75, 3.05) is 26.2 Å². The third kappa shape index (κ3) is 5.28. The van der Waals surface area contributed by atoms with Crippen LogP contribution in [0.2, 0.25) is 0 Å². The number of hydrogen-bond acceptors (Lipinski definition) is 3. The molecule has 3 N–H and O–H groups in total. The molecule has 0 saturated carbocycles. The number of nitrogens with zero attached hydrogens (tertiary/aromatic N) is 1. The highest BCUT2D eigenvalue weighted by Crippen LogP contribution is 2.13. The second-order valence-electron chi connectivity index (χ2n) is 4.36. The van der Waals surface area contributed by atoms with Crippen molar-refractivity contribution < 1.29 is 9.90 Å². The number of aliphatic hydroxyl groups is 1. The topological polar surface area (TPSA) is 66.6 Å². The lowest BCUT2D eigenvalue weighted by atomic mass is 9.96. The lowest BCUT2D eigenvalue weighted by Gasteiger charge is -2.26. The molecule has 0 aromatic heterocycles. The minimum atomic E-state index is -0.147. The Morgan fingerprint density at radius 2 is 2.19 bits per heavy atom. The van der Waals surface area contributed by atoms with E-state index < -0.39 is 0 Å². The van der Waals surface area contributed by atoms with Crippen LogP contribution in [0.15, 0.2) is 12.7 Å². The minimum absolute atomic E-state index is 0.0187. The van der Waals surface area contributed by atoms with Gasteiger partial charge < -0.3 is 15.7 Å². The van der Waals surface area contributed by atoms with Gasteiger partial charge >= 0.3 is 0 Å². The molecule has 0 bridgehead atoms.